The minimum Gasteiger partial charge on any atom is -0.316 e. The van der Waals surface area contributed by atoms with E-state index in [1.807, 2.05) is 0 Å². The van der Waals surface area contributed by atoms with Gasteiger partial charge in [0.05, 0.1) is 0 Å². The molecule has 60 valence electrons. The van der Waals surface area contributed by atoms with Gasteiger partial charge < -0.3 is 5.32 Å². The molecule has 1 N–H and O–H groups in total. The third-order valence-electron chi connectivity index (χ3n) is 2.60. The standard InChI is InChI=1S/C7H12FN.ClH/c8-6-4-7(6)2-1-3-9-5-7;/h6,9H,1-5H2;1H. The van der Waals surface area contributed by atoms with Crippen molar-refractivity contribution in [3.8, 4) is 0 Å². The molecule has 0 aromatic carbocycles. The van der Waals surface area contributed by atoms with Crippen molar-refractivity contribution in [2.24, 2.45) is 5.41 Å². The van der Waals surface area contributed by atoms with E-state index in [9.17, 15) is 4.39 Å². The van der Waals surface area contributed by atoms with Crippen molar-refractivity contribution in [3.63, 3.8) is 0 Å². The van der Waals surface area contributed by atoms with Crippen LogP contribution in [0.25, 0.3) is 0 Å². The van der Waals surface area contributed by atoms with Gasteiger partial charge in [0.15, 0.2) is 0 Å². The Hall–Kier alpha value is 0.180. The SMILES string of the molecule is Cl.FC1CC12CCCNC2. The second kappa shape index (κ2) is 2.67. The molecule has 0 aromatic heterocycles. The highest BCUT2D eigenvalue weighted by molar-refractivity contribution is 5.85. The monoisotopic (exact) mass is 165 g/mol. The molecule has 0 bridgehead atoms. The fourth-order valence-electron chi connectivity index (χ4n) is 1.73. The molecule has 0 radical (unpaired) electrons. The number of alkyl halides is 1. The van der Waals surface area contributed by atoms with Crippen LogP contribution in [0, 0.1) is 5.41 Å². The maximum Gasteiger partial charge on any atom is 0.108 e. The number of rotatable bonds is 0. The molecule has 10 heavy (non-hydrogen) atoms. The summed E-state index contributed by atoms with van der Waals surface area (Å²) in [5, 5.41) is 3.23. The summed E-state index contributed by atoms with van der Waals surface area (Å²) in [7, 11) is 0. The second-order valence-corrected chi connectivity index (χ2v) is 3.31. The van der Waals surface area contributed by atoms with Crippen LogP contribution in [0.4, 0.5) is 4.39 Å². The van der Waals surface area contributed by atoms with Gasteiger partial charge in [0.25, 0.3) is 0 Å². The molecule has 0 aromatic rings. The molecule has 2 fully saturated rings. The fraction of sp³-hybridized carbons (Fsp3) is 1.00. The number of piperidine rings is 1. The summed E-state index contributed by atoms with van der Waals surface area (Å²) < 4.78 is 12.6. The molecular formula is C7H13ClFN. The van der Waals surface area contributed by atoms with Crippen molar-refractivity contribution in [3.05, 3.63) is 0 Å². The minimum atomic E-state index is -0.481. The molecule has 0 amide bonds. The molecule has 1 saturated carbocycles. The molecule has 2 unspecified atom stereocenters. The average Bonchev–Trinajstić information content (AvgIpc) is 2.44. The molecule has 1 heterocycles. The molecule has 1 saturated heterocycles. The summed E-state index contributed by atoms with van der Waals surface area (Å²) in [6.45, 7) is 2.02. The van der Waals surface area contributed by atoms with Crippen LogP contribution in [-0.2, 0) is 0 Å². The Labute approximate surface area is 66.8 Å². The fourth-order valence-corrected chi connectivity index (χ4v) is 1.73. The van der Waals surface area contributed by atoms with Gasteiger partial charge in [-0.05, 0) is 25.8 Å². The van der Waals surface area contributed by atoms with Crippen LogP contribution in [-0.4, -0.2) is 19.3 Å². The maximum atomic E-state index is 12.6. The molecule has 3 heteroatoms. The maximum absolute atomic E-state index is 12.6. The van der Waals surface area contributed by atoms with Gasteiger partial charge in [-0.1, -0.05) is 0 Å². The van der Waals surface area contributed by atoms with E-state index in [1.165, 1.54) is 6.42 Å². The highest BCUT2D eigenvalue weighted by atomic mass is 35.5. The Kier molecular flexibility index (Phi) is 2.21. The third kappa shape index (κ3) is 1.15. The lowest BCUT2D eigenvalue weighted by Gasteiger charge is -2.21. The van der Waals surface area contributed by atoms with Crippen molar-refractivity contribution in [2.75, 3.05) is 13.1 Å². The first-order chi connectivity index (χ1) is 4.33. The highest BCUT2D eigenvalue weighted by Gasteiger charge is 2.54. The number of nitrogens with one attached hydrogen (secondary N) is 1. The van der Waals surface area contributed by atoms with Crippen LogP contribution in [0.5, 0.6) is 0 Å². The third-order valence-corrected chi connectivity index (χ3v) is 2.60. The summed E-state index contributed by atoms with van der Waals surface area (Å²) >= 11 is 0. The lowest BCUT2D eigenvalue weighted by molar-refractivity contribution is 0.286. The second-order valence-electron chi connectivity index (χ2n) is 3.31. The Morgan fingerprint density at radius 1 is 1.50 bits per heavy atom. The zero-order valence-electron chi connectivity index (χ0n) is 5.90. The minimum absolute atomic E-state index is 0. The van der Waals surface area contributed by atoms with Crippen molar-refractivity contribution in [2.45, 2.75) is 25.4 Å². The zero-order valence-corrected chi connectivity index (χ0v) is 6.72. The quantitative estimate of drug-likeness (QED) is 0.574. The molecule has 2 rings (SSSR count). The summed E-state index contributed by atoms with van der Waals surface area (Å²) in [6, 6.07) is 0. The average molecular weight is 166 g/mol. The van der Waals surface area contributed by atoms with Crippen molar-refractivity contribution < 1.29 is 4.39 Å². The summed E-state index contributed by atoms with van der Waals surface area (Å²) in [6.07, 6.45) is 2.62. The first-order valence-corrected chi connectivity index (χ1v) is 3.68. The van der Waals surface area contributed by atoms with E-state index in [2.05, 4.69) is 5.32 Å². The molecule has 1 aliphatic heterocycles. The Morgan fingerprint density at radius 2 is 2.20 bits per heavy atom. The van der Waals surface area contributed by atoms with Gasteiger partial charge in [0.1, 0.15) is 6.17 Å². The van der Waals surface area contributed by atoms with E-state index in [0.717, 1.165) is 25.9 Å². The Bertz CT molecular complexity index is 123. The first kappa shape index (κ1) is 8.28. The van der Waals surface area contributed by atoms with Gasteiger partial charge in [0.2, 0.25) is 0 Å². The molecule has 2 aliphatic rings. The van der Waals surface area contributed by atoms with Gasteiger partial charge in [-0.25, -0.2) is 4.39 Å². The van der Waals surface area contributed by atoms with Crippen molar-refractivity contribution in [1.29, 1.82) is 0 Å². The van der Waals surface area contributed by atoms with Gasteiger partial charge in [-0.3, -0.25) is 0 Å². The van der Waals surface area contributed by atoms with Crippen LogP contribution in [0.3, 0.4) is 0 Å². The summed E-state index contributed by atoms with van der Waals surface area (Å²) in [5.74, 6) is 0. The van der Waals surface area contributed by atoms with Gasteiger partial charge in [0, 0.05) is 12.0 Å². The Balaban J connectivity index is 0.000000500. The topological polar surface area (TPSA) is 12.0 Å². The summed E-state index contributed by atoms with van der Waals surface area (Å²) in [5.41, 5.74) is 0.109. The van der Waals surface area contributed by atoms with E-state index in [-0.39, 0.29) is 17.8 Å². The van der Waals surface area contributed by atoms with Crippen LogP contribution >= 0.6 is 12.4 Å². The van der Waals surface area contributed by atoms with Crippen LogP contribution in [0.2, 0.25) is 0 Å². The number of halogens is 2. The van der Waals surface area contributed by atoms with E-state index in [4.69, 9.17) is 0 Å². The smallest absolute Gasteiger partial charge is 0.108 e. The summed E-state index contributed by atoms with van der Waals surface area (Å²) in [4.78, 5) is 0. The van der Waals surface area contributed by atoms with Crippen LogP contribution in [0.1, 0.15) is 19.3 Å². The van der Waals surface area contributed by atoms with Gasteiger partial charge in [-0.2, -0.15) is 0 Å². The largest absolute Gasteiger partial charge is 0.316 e. The first-order valence-electron chi connectivity index (χ1n) is 3.68. The van der Waals surface area contributed by atoms with E-state index in [1.54, 1.807) is 0 Å². The van der Waals surface area contributed by atoms with E-state index in [0.29, 0.717) is 0 Å². The van der Waals surface area contributed by atoms with E-state index < -0.39 is 6.17 Å². The van der Waals surface area contributed by atoms with Crippen molar-refractivity contribution in [1.82, 2.24) is 5.32 Å². The number of hydrogen-bond donors (Lipinski definition) is 1. The molecule has 1 spiro atoms. The molecule has 2 atom stereocenters. The number of hydrogen-bond acceptors (Lipinski definition) is 1. The van der Waals surface area contributed by atoms with Crippen molar-refractivity contribution >= 4 is 12.4 Å². The zero-order chi connectivity index (χ0) is 6.32. The normalized spacial score (nSPS) is 44.7. The highest BCUT2D eigenvalue weighted by Crippen LogP contribution is 2.52. The molecule has 1 aliphatic carbocycles. The predicted octanol–water partition coefficient (Wildman–Crippen LogP) is 1.52. The van der Waals surface area contributed by atoms with E-state index >= 15 is 0 Å². The van der Waals surface area contributed by atoms with Crippen LogP contribution in [0.15, 0.2) is 0 Å². The molecular weight excluding hydrogens is 153 g/mol. The Morgan fingerprint density at radius 3 is 2.50 bits per heavy atom. The van der Waals surface area contributed by atoms with Crippen LogP contribution < -0.4 is 5.32 Å². The lowest BCUT2D eigenvalue weighted by Crippen LogP contribution is -2.32. The lowest BCUT2D eigenvalue weighted by atomic mass is 9.97. The predicted molar refractivity (Wildman–Crippen MR) is 41.3 cm³/mol. The van der Waals surface area contributed by atoms with Gasteiger partial charge in [-0.15, -0.1) is 12.4 Å². The molecule has 1 nitrogen and oxygen atoms in total. The van der Waals surface area contributed by atoms with Gasteiger partial charge >= 0.3 is 0 Å².